The number of unbranched alkanes of at least 4 members (excludes halogenated alkanes) is 2. The quantitative estimate of drug-likeness (QED) is 0.0246. The molecule has 0 aromatic rings. The Hall–Kier alpha value is -4.98. The van der Waals surface area contributed by atoms with E-state index < -0.39 is 0 Å². The van der Waals surface area contributed by atoms with Gasteiger partial charge in [-0.2, -0.15) is 0 Å². The van der Waals surface area contributed by atoms with E-state index in [2.05, 4.69) is 138 Å². The van der Waals surface area contributed by atoms with E-state index in [0.29, 0.717) is 50.8 Å². The molecule has 2 unspecified atom stereocenters. The third-order valence-electron chi connectivity index (χ3n) is 17.8. The Labute approximate surface area is 598 Å². The van der Waals surface area contributed by atoms with Crippen LogP contribution >= 0.6 is 0 Å². The number of likely N-dealkylation sites (N-methyl/N-ethyl adjacent to an activating group) is 6. The molecule has 18 heteroatoms. The number of rotatable bonds is 49. The second-order valence-corrected chi connectivity index (χ2v) is 26.6. The lowest BCUT2D eigenvalue weighted by atomic mass is 10.2. The molecule has 0 rings (SSSR count). The van der Waals surface area contributed by atoms with Crippen LogP contribution in [0.3, 0.4) is 0 Å². The summed E-state index contributed by atoms with van der Waals surface area (Å²) in [5, 5.41) is 0. The molecule has 0 heterocycles. The summed E-state index contributed by atoms with van der Waals surface area (Å²) in [5.41, 5.74) is 0.958. The number of allylic oxidation sites excluding steroid dienone is 4. The Morgan fingerprint density at radius 2 is 0.474 bits per heavy atom. The van der Waals surface area contributed by atoms with Gasteiger partial charge in [0.2, 0.25) is 0 Å². The van der Waals surface area contributed by atoms with Crippen LogP contribution in [0.25, 0.3) is 0 Å². The molecule has 0 aliphatic rings. The maximum absolute atomic E-state index is 11.4. The van der Waals surface area contributed by atoms with E-state index in [0.717, 1.165) is 125 Å². The second kappa shape index (κ2) is 65.6. The molecule has 0 spiro atoms. The van der Waals surface area contributed by atoms with Gasteiger partial charge < -0.3 is 55.3 Å². The number of esters is 6. The summed E-state index contributed by atoms with van der Waals surface area (Å²) >= 11 is 0. The summed E-state index contributed by atoms with van der Waals surface area (Å²) in [7, 11) is 6.18. The highest BCUT2D eigenvalue weighted by atomic mass is 16.6. The van der Waals surface area contributed by atoms with Gasteiger partial charge in [-0.3, -0.25) is 0 Å². The van der Waals surface area contributed by atoms with Crippen LogP contribution in [0.4, 0.5) is 0 Å². The summed E-state index contributed by atoms with van der Waals surface area (Å²) in [4.78, 5) is 67.0. The molecule has 0 saturated heterocycles. The van der Waals surface area contributed by atoms with Crippen LogP contribution in [0.2, 0.25) is 0 Å². The van der Waals surface area contributed by atoms with E-state index in [-0.39, 0.29) is 35.8 Å². The van der Waals surface area contributed by atoms with E-state index in [4.69, 9.17) is 28.4 Å². The zero-order valence-electron chi connectivity index (χ0n) is 67.8. The van der Waals surface area contributed by atoms with Gasteiger partial charge in [0.15, 0.2) is 0 Å². The number of hydrogen-bond donors (Lipinski definition) is 0. The first-order chi connectivity index (χ1) is 45.9. The molecule has 0 saturated carbocycles. The van der Waals surface area contributed by atoms with E-state index >= 15 is 0 Å². The number of ether oxygens (including phenoxy) is 6. The van der Waals surface area contributed by atoms with Crippen LogP contribution in [0.1, 0.15) is 210 Å². The van der Waals surface area contributed by atoms with Crippen LogP contribution in [0, 0.1) is 0 Å². The first kappa shape index (κ1) is 103. The molecule has 0 N–H and O–H groups in total. The van der Waals surface area contributed by atoms with Crippen molar-refractivity contribution in [2.24, 2.45) is 0 Å². The van der Waals surface area contributed by atoms with E-state index in [9.17, 15) is 28.8 Å². The molecule has 570 valence electrons. The maximum Gasteiger partial charge on any atom is 0.333 e. The zero-order valence-corrected chi connectivity index (χ0v) is 67.8. The highest BCUT2D eigenvalue weighted by Gasteiger charge is 2.28. The van der Waals surface area contributed by atoms with Crippen molar-refractivity contribution in [2.75, 3.05) is 198 Å². The summed E-state index contributed by atoms with van der Waals surface area (Å²) in [6.07, 6.45) is 24.6. The van der Waals surface area contributed by atoms with Gasteiger partial charge in [-0.15, -0.1) is 0 Å². The number of nitrogens with zero attached hydrogens (tertiary/aromatic N) is 6. The number of carbonyl (C=O) groups excluding carboxylic acids is 6. The molecule has 2 atom stereocenters. The molecule has 0 amide bonds. The van der Waals surface area contributed by atoms with Crippen LogP contribution in [-0.2, 0) is 57.2 Å². The van der Waals surface area contributed by atoms with Crippen molar-refractivity contribution in [1.82, 2.24) is 0 Å². The fourth-order valence-electron chi connectivity index (χ4n) is 11.3. The first-order valence-corrected chi connectivity index (χ1v) is 37.8. The highest BCUT2D eigenvalue weighted by Crippen LogP contribution is 2.15. The molecule has 0 fully saturated rings. The number of quaternary nitrogens is 6. The van der Waals surface area contributed by atoms with Gasteiger partial charge in [-0.1, -0.05) is 106 Å². The summed E-state index contributed by atoms with van der Waals surface area (Å²) < 4.78 is 37.0. The largest absolute Gasteiger partial charge is 0.457 e. The van der Waals surface area contributed by atoms with Crippen LogP contribution < -0.4 is 0 Å². The van der Waals surface area contributed by atoms with Gasteiger partial charge in [0, 0.05) is 35.5 Å². The lowest BCUT2D eigenvalue weighted by molar-refractivity contribution is -0.927. The summed E-state index contributed by atoms with van der Waals surface area (Å²) in [6, 6.07) is 0. The third kappa shape index (κ3) is 57.5. The molecule has 0 aromatic heterocycles. The lowest BCUT2D eigenvalue weighted by Gasteiger charge is -2.37. The highest BCUT2D eigenvalue weighted by molar-refractivity contribution is 5.87. The average Bonchev–Trinajstić information content (AvgIpc) is 3.85. The molecule has 18 nitrogen and oxygen atoms in total. The Kier molecular flexibility index (Phi) is 69.7. The van der Waals surface area contributed by atoms with E-state index in [1.54, 1.807) is 45.1 Å². The maximum atomic E-state index is 11.4. The second-order valence-electron chi connectivity index (χ2n) is 26.6. The molecular formula is C79H158N6O12+6. The Bertz CT molecular complexity index is 2110. The van der Waals surface area contributed by atoms with Crippen LogP contribution in [-0.4, -0.2) is 261 Å². The fourth-order valence-corrected chi connectivity index (χ4v) is 11.3. The van der Waals surface area contributed by atoms with Gasteiger partial charge in [0.05, 0.1) is 119 Å². The van der Waals surface area contributed by atoms with Crippen LogP contribution in [0.5, 0.6) is 0 Å². The van der Waals surface area contributed by atoms with Crippen LogP contribution in [0.15, 0.2) is 72.9 Å². The molecular weight excluding hydrogens is 1220 g/mol. The number of carbonyl (C=O) groups is 6. The zero-order chi connectivity index (χ0) is 75.7. The van der Waals surface area contributed by atoms with Crippen molar-refractivity contribution >= 4 is 35.8 Å². The Balaban J connectivity index is -0.000000257. The van der Waals surface area contributed by atoms with Gasteiger partial charge >= 0.3 is 35.8 Å². The van der Waals surface area contributed by atoms with Gasteiger partial charge in [-0.05, 0) is 141 Å². The molecule has 0 aromatic carbocycles. The SMILES string of the molecule is C/C=C/C(=O)OCC[N+](C)(C)C.C/C=C/C(=O)OCC[N+](CC)(CC)CC.C/C=C/C(=O)OCC[N+](CC)(CCC)CCC.C/C=C/C(=O)OCC[N+](CC)(CCC)CCCC.C=C(C)C(=O)OCC[N+](CC)(CCC)CCC.C=C(C)C(=O)OCC[N+](CC)(CCC)CCCC. The van der Waals surface area contributed by atoms with E-state index in [1.807, 2.05) is 20.8 Å². The molecule has 0 aliphatic heterocycles. The topological polar surface area (TPSA) is 158 Å². The molecule has 0 bridgehead atoms. The minimum Gasteiger partial charge on any atom is -0.457 e. The average molecular weight is 1380 g/mol. The summed E-state index contributed by atoms with van der Waals surface area (Å²) in [6.45, 7) is 76.6. The molecule has 0 radical (unpaired) electrons. The molecule has 0 aliphatic carbocycles. The van der Waals surface area contributed by atoms with Crippen molar-refractivity contribution in [2.45, 2.75) is 210 Å². The smallest absolute Gasteiger partial charge is 0.333 e. The minimum absolute atomic E-state index is 0.223. The van der Waals surface area contributed by atoms with Crippen molar-refractivity contribution in [1.29, 1.82) is 0 Å². The van der Waals surface area contributed by atoms with E-state index in [1.165, 1.54) is 128 Å². The predicted octanol–water partition coefficient (Wildman–Crippen LogP) is 14.6. The Morgan fingerprint density at radius 1 is 0.278 bits per heavy atom. The van der Waals surface area contributed by atoms with Gasteiger partial charge in [0.25, 0.3) is 0 Å². The third-order valence-corrected chi connectivity index (χ3v) is 17.8. The summed E-state index contributed by atoms with van der Waals surface area (Å²) in [5.74, 6) is -1.48. The van der Waals surface area contributed by atoms with Crippen molar-refractivity contribution < 1.29 is 84.1 Å². The fraction of sp³-hybridized carbons (Fsp3) is 0.772. The van der Waals surface area contributed by atoms with Crippen molar-refractivity contribution in [3.63, 3.8) is 0 Å². The van der Waals surface area contributed by atoms with Gasteiger partial charge in [0.1, 0.15) is 78.9 Å². The standard InChI is InChI=1S/2C15H30NO2.2C14H28NO2.C12H24NO2.C9H18NO2/c1-6-9-11-16(8-3,10-7-2)12-13-18-15(17)14(4)5;1-5-9-12-16(8-4,11-7-3)13-14-18-15(17)10-6-2;1-6-9-15(8-3,10-7-2)11-12-17-14(16)13(4)5;1-5-9-14(16)17-13-12-15(8-4,10-6-2)11-7-3;1-5-9-12(14)15-11-10-13(6-2,7-3)8-4;1-5-6-9(11)12-8-7-10(2,3)4/h4,6-13H2,1-3,5H3;6,10H,5,7-9,11-14H2,1-4H3;4,6-12H2,1-3,5H3;5,9H,6-8,10-13H2,1-4H3;5,9H,6-8,10-11H2,1-4H3;5-6H,7-8H2,1-4H3/q6*+1/b;10-6+;;2*9-5+;6-5+. The van der Waals surface area contributed by atoms with Gasteiger partial charge in [-0.25, -0.2) is 28.8 Å². The van der Waals surface area contributed by atoms with Crippen molar-refractivity contribution in [3.8, 4) is 0 Å². The first-order valence-electron chi connectivity index (χ1n) is 37.8. The monoisotopic (exact) mass is 1380 g/mol. The van der Waals surface area contributed by atoms with Crippen molar-refractivity contribution in [3.05, 3.63) is 72.9 Å². The normalized spacial score (nSPS) is 12.7. The lowest BCUT2D eigenvalue weighted by Crippen LogP contribution is -2.51. The predicted molar refractivity (Wildman–Crippen MR) is 407 cm³/mol. The molecule has 97 heavy (non-hydrogen) atoms. The Morgan fingerprint density at radius 3 is 0.649 bits per heavy atom. The number of hydrogen-bond acceptors (Lipinski definition) is 12. The minimum atomic E-state index is -0.271.